The van der Waals surface area contributed by atoms with E-state index in [9.17, 15) is 4.39 Å². The highest BCUT2D eigenvalue weighted by Crippen LogP contribution is 2.08. The first-order valence-corrected chi connectivity index (χ1v) is 2.72. The lowest BCUT2D eigenvalue weighted by Crippen LogP contribution is -1.84. The lowest BCUT2D eigenvalue weighted by atomic mass is 10.6. The SMILES string of the molecule is Fc1nnccc1Br. The standard InChI is InChI=1S/C4H2BrFN2/c5-3-1-2-7-8-4(3)6/h1-2H. The van der Waals surface area contributed by atoms with Crippen molar-refractivity contribution < 1.29 is 4.39 Å². The minimum absolute atomic E-state index is 0.340. The minimum Gasteiger partial charge on any atom is -0.182 e. The van der Waals surface area contributed by atoms with Gasteiger partial charge in [-0.25, -0.2) is 0 Å². The molecule has 8 heavy (non-hydrogen) atoms. The fourth-order valence-electron chi connectivity index (χ4n) is 0.299. The van der Waals surface area contributed by atoms with Crippen molar-refractivity contribution in [3.8, 4) is 0 Å². The fraction of sp³-hybridized carbons (Fsp3) is 0. The van der Waals surface area contributed by atoms with Crippen LogP contribution in [-0.4, -0.2) is 10.2 Å². The lowest BCUT2D eigenvalue weighted by molar-refractivity contribution is 0.556. The number of aromatic nitrogens is 2. The average Bonchev–Trinajstić information content (AvgIpc) is 1.77. The molecular formula is C4H2BrFN2. The molecule has 1 aromatic heterocycles. The first kappa shape index (κ1) is 5.62. The Hall–Kier alpha value is -0.510. The van der Waals surface area contributed by atoms with Gasteiger partial charge in [-0.3, -0.25) is 0 Å². The molecular weight excluding hydrogens is 175 g/mol. The van der Waals surface area contributed by atoms with Gasteiger partial charge in [-0.1, -0.05) is 0 Å². The van der Waals surface area contributed by atoms with E-state index in [0.29, 0.717) is 4.47 Å². The maximum atomic E-state index is 12.1. The summed E-state index contributed by atoms with van der Waals surface area (Å²) in [6, 6.07) is 1.49. The molecule has 0 N–H and O–H groups in total. The lowest BCUT2D eigenvalue weighted by Gasteiger charge is -1.85. The predicted molar refractivity (Wildman–Crippen MR) is 29.7 cm³/mol. The van der Waals surface area contributed by atoms with Crippen LogP contribution in [0.3, 0.4) is 0 Å². The Labute approximate surface area is 53.9 Å². The highest BCUT2D eigenvalue weighted by Gasteiger charge is 1.94. The molecule has 1 rings (SSSR count). The monoisotopic (exact) mass is 176 g/mol. The van der Waals surface area contributed by atoms with Gasteiger partial charge in [0.05, 0.1) is 10.7 Å². The Morgan fingerprint density at radius 2 is 2.38 bits per heavy atom. The van der Waals surface area contributed by atoms with Gasteiger partial charge in [-0.05, 0) is 22.0 Å². The van der Waals surface area contributed by atoms with Gasteiger partial charge in [-0.2, -0.15) is 9.49 Å². The second-order valence-corrected chi connectivity index (χ2v) is 2.02. The summed E-state index contributed by atoms with van der Waals surface area (Å²) in [5.41, 5.74) is 0. The van der Waals surface area contributed by atoms with E-state index in [0.717, 1.165) is 0 Å². The summed E-state index contributed by atoms with van der Waals surface area (Å²) < 4.78 is 12.4. The van der Waals surface area contributed by atoms with E-state index in [1.54, 1.807) is 0 Å². The van der Waals surface area contributed by atoms with Crippen LogP contribution in [0, 0.1) is 5.95 Å². The van der Waals surface area contributed by atoms with Gasteiger partial charge in [0.2, 0.25) is 5.95 Å². The van der Waals surface area contributed by atoms with Crippen molar-refractivity contribution in [2.75, 3.05) is 0 Å². The quantitative estimate of drug-likeness (QED) is 0.598. The Morgan fingerprint density at radius 3 is 2.75 bits per heavy atom. The molecule has 42 valence electrons. The van der Waals surface area contributed by atoms with Gasteiger partial charge in [-0.15, -0.1) is 5.10 Å². The Bertz CT molecular complexity index is 170. The summed E-state index contributed by atoms with van der Waals surface area (Å²) in [5.74, 6) is -0.576. The molecule has 0 atom stereocenters. The number of halogens is 2. The molecule has 0 amide bonds. The summed E-state index contributed by atoms with van der Waals surface area (Å²) in [7, 11) is 0. The second kappa shape index (κ2) is 2.17. The molecule has 0 aliphatic carbocycles. The van der Waals surface area contributed by atoms with Crippen LogP contribution in [0.25, 0.3) is 0 Å². The van der Waals surface area contributed by atoms with Crippen molar-refractivity contribution in [1.82, 2.24) is 10.2 Å². The van der Waals surface area contributed by atoms with Crippen molar-refractivity contribution >= 4 is 15.9 Å². The Morgan fingerprint density at radius 1 is 1.62 bits per heavy atom. The van der Waals surface area contributed by atoms with Crippen LogP contribution >= 0.6 is 15.9 Å². The van der Waals surface area contributed by atoms with E-state index in [4.69, 9.17) is 0 Å². The van der Waals surface area contributed by atoms with E-state index >= 15 is 0 Å². The van der Waals surface area contributed by atoms with E-state index < -0.39 is 5.95 Å². The summed E-state index contributed by atoms with van der Waals surface area (Å²) in [6.45, 7) is 0. The second-order valence-electron chi connectivity index (χ2n) is 1.17. The zero-order valence-corrected chi connectivity index (χ0v) is 5.39. The van der Waals surface area contributed by atoms with Crippen LogP contribution in [0.1, 0.15) is 0 Å². The number of rotatable bonds is 0. The van der Waals surface area contributed by atoms with Crippen molar-refractivity contribution in [2.45, 2.75) is 0 Å². The average molecular weight is 177 g/mol. The zero-order valence-electron chi connectivity index (χ0n) is 3.81. The van der Waals surface area contributed by atoms with Gasteiger partial charge in [0.15, 0.2) is 0 Å². The predicted octanol–water partition coefficient (Wildman–Crippen LogP) is 1.38. The smallest absolute Gasteiger partial charge is 0.182 e. The number of hydrogen-bond acceptors (Lipinski definition) is 2. The summed E-state index contributed by atoms with van der Waals surface area (Å²) in [4.78, 5) is 0. The van der Waals surface area contributed by atoms with Gasteiger partial charge >= 0.3 is 0 Å². The minimum atomic E-state index is -0.576. The first-order chi connectivity index (χ1) is 3.80. The van der Waals surface area contributed by atoms with Crippen LogP contribution in [0.4, 0.5) is 4.39 Å². The fourth-order valence-corrected chi connectivity index (χ4v) is 0.497. The summed E-state index contributed by atoms with van der Waals surface area (Å²) in [6.07, 6.45) is 1.41. The van der Waals surface area contributed by atoms with Crippen LogP contribution < -0.4 is 0 Å². The molecule has 1 heterocycles. The van der Waals surface area contributed by atoms with E-state index in [2.05, 4.69) is 26.1 Å². The number of nitrogens with zero attached hydrogens (tertiary/aromatic N) is 2. The molecule has 2 nitrogen and oxygen atoms in total. The van der Waals surface area contributed by atoms with Crippen LogP contribution in [0.15, 0.2) is 16.7 Å². The van der Waals surface area contributed by atoms with Crippen molar-refractivity contribution in [2.24, 2.45) is 0 Å². The summed E-state index contributed by atoms with van der Waals surface area (Å²) >= 11 is 2.92. The van der Waals surface area contributed by atoms with E-state index in [-0.39, 0.29) is 0 Å². The van der Waals surface area contributed by atoms with Crippen molar-refractivity contribution in [3.63, 3.8) is 0 Å². The zero-order chi connectivity index (χ0) is 5.98. The maximum absolute atomic E-state index is 12.1. The van der Waals surface area contributed by atoms with Crippen LogP contribution in [0.5, 0.6) is 0 Å². The molecule has 0 bridgehead atoms. The molecule has 0 radical (unpaired) electrons. The van der Waals surface area contributed by atoms with E-state index in [1.165, 1.54) is 12.3 Å². The third-order valence-corrected chi connectivity index (χ3v) is 1.22. The Balaban J connectivity index is 3.13. The van der Waals surface area contributed by atoms with Gasteiger partial charge < -0.3 is 0 Å². The van der Waals surface area contributed by atoms with Crippen LogP contribution in [0.2, 0.25) is 0 Å². The van der Waals surface area contributed by atoms with E-state index in [1.807, 2.05) is 0 Å². The molecule has 0 aromatic carbocycles. The van der Waals surface area contributed by atoms with Gasteiger partial charge in [0.25, 0.3) is 0 Å². The van der Waals surface area contributed by atoms with Gasteiger partial charge in [0, 0.05) is 0 Å². The third-order valence-electron chi connectivity index (χ3n) is 0.630. The summed E-state index contributed by atoms with van der Waals surface area (Å²) in [5, 5.41) is 6.41. The molecule has 0 saturated carbocycles. The van der Waals surface area contributed by atoms with Crippen molar-refractivity contribution in [1.29, 1.82) is 0 Å². The maximum Gasteiger partial charge on any atom is 0.247 e. The number of hydrogen-bond donors (Lipinski definition) is 0. The molecule has 0 spiro atoms. The molecule has 1 aromatic rings. The molecule has 0 aliphatic heterocycles. The Kier molecular flexibility index (Phi) is 1.53. The highest BCUT2D eigenvalue weighted by molar-refractivity contribution is 9.10. The molecule has 0 aliphatic rings. The molecule has 0 fully saturated rings. The normalized spacial score (nSPS) is 9.25. The molecule has 4 heteroatoms. The molecule has 0 saturated heterocycles. The molecule has 0 unspecified atom stereocenters. The van der Waals surface area contributed by atoms with Crippen LogP contribution in [-0.2, 0) is 0 Å². The highest BCUT2D eigenvalue weighted by atomic mass is 79.9. The largest absolute Gasteiger partial charge is 0.247 e. The van der Waals surface area contributed by atoms with Crippen molar-refractivity contribution in [3.05, 3.63) is 22.7 Å². The van der Waals surface area contributed by atoms with Gasteiger partial charge in [0.1, 0.15) is 0 Å². The topological polar surface area (TPSA) is 25.8 Å². The third kappa shape index (κ3) is 1.01. The first-order valence-electron chi connectivity index (χ1n) is 1.93.